The number of hydrogen-bond acceptors (Lipinski definition) is 6. The summed E-state index contributed by atoms with van der Waals surface area (Å²) in [6.07, 6.45) is 2.15. The second-order valence-corrected chi connectivity index (χ2v) is 6.10. The maximum Gasteiger partial charge on any atom is 0.343 e. The fourth-order valence-electron chi connectivity index (χ4n) is 2.67. The quantitative estimate of drug-likeness (QED) is 0.115. The summed E-state index contributed by atoms with van der Waals surface area (Å²) in [7, 11) is 0. The number of hydrogen-bond donors (Lipinski definition) is 2. The maximum atomic E-state index is 14.1. The van der Waals surface area contributed by atoms with Gasteiger partial charge in [-0.05, 0) is 25.1 Å². The van der Waals surface area contributed by atoms with E-state index in [9.17, 15) is 32.6 Å². The lowest BCUT2D eigenvalue weighted by Gasteiger charge is -2.09. The first-order valence-electron chi connectivity index (χ1n) is 8.80. The molecular weight excluding hydrogens is 420 g/mol. The highest BCUT2D eigenvalue weighted by molar-refractivity contribution is 6.15. The first-order valence-corrected chi connectivity index (χ1v) is 8.80. The van der Waals surface area contributed by atoms with Crippen LogP contribution in [0.4, 0.5) is 23.2 Å². The Kier molecular flexibility index (Phi) is 6.19. The number of carbonyl (C=O) groups excluding carboxylic acids is 1. The van der Waals surface area contributed by atoms with Gasteiger partial charge in [-0.3, -0.25) is 9.98 Å². The van der Waals surface area contributed by atoms with E-state index in [0.717, 1.165) is 6.21 Å². The number of benzene rings is 2. The molecular formula is C21H14F4N2O4. The van der Waals surface area contributed by atoms with Crippen molar-refractivity contribution in [1.82, 2.24) is 4.98 Å². The third kappa shape index (κ3) is 4.18. The number of pyridine rings is 1. The zero-order chi connectivity index (χ0) is 22.7. The van der Waals surface area contributed by atoms with Crippen molar-refractivity contribution in [2.45, 2.75) is 6.92 Å². The zero-order valence-electron chi connectivity index (χ0n) is 15.9. The van der Waals surface area contributed by atoms with Crippen LogP contribution in [-0.4, -0.2) is 34.0 Å². The van der Waals surface area contributed by atoms with Gasteiger partial charge in [0.05, 0.1) is 12.2 Å². The largest absolute Gasteiger partial charge is 0.506 e. The Bertz CT molecular complexity index is 1240. The normalized spacial score (nSPS) is 12.3. The Morgan fingerprint density at radius 2 is 1.90 bits per heavy atom. The third-order valence-electron chi connectivity index (χ3n) is 4.17. The highest BCUT2D eigenvalue weighted by atomic mass is 19.2. The molecule has 160 valence electrons. The minimum Gasteiger partial charge on any atom is -0.506 e. The van der Waals surface area contributed by atoms with Gasteiger partial charge in [-0.2, -0.15) is 0 Å². The predicted octanol–water partition coefficient (Wildman–Crippen LogP) is 4.73. The van der Waals surface area contributed by atoms with Crippen LogP contribution in [0.25, 0.3) is 16.7 Å². The Balaban J connectivity index is 2.15. The van der Waals surface area contributed by atoms with E-state index in [0.29, 0.717) is 5.39 Å². The van der Waals surface area contributed by atoms with Gasteiger partial charge in [0.25, 0.3) is 0 Å². The van der Waals surface area contributed by atoms with E-state index in [2.05, 4.69) is 9.98 Å². The smallest absolute Gasteiger partial charge is 0.343 e. The summed E-state index contributed by atoms with van der Waals surface area (Å²) in [6, 6.07) is 6.49. The molecule has 31 heavy (non-hydrogen) atoms. The van der Waals surface area contributed by atoms with E-state index in [1.165, 1.54) is 19.2 Å². The molecule has 0 bridgehead atoms. The number of halogens is 4. The number of aliphatic hydroxyl groups is 1. The molecule has 3 aromatic rings. The van der Waals surface area contributed by atoms with Gasteiger partial charge in [0, 0.05) is 17.8 Å². The highest BCUT2D eigenvalue weighted by Crippen LogP contribution is 2.33. The van der Waals surface area contributed by atoms with Crippen LogP contribution in [0.1, 0.15) is 12.5 Å². The van der Waals surface area contributed by atoms with Crippen LogP contribution >= 0.6 is 0 Å². The van der Waals surface area contributed by atoms with Crippen molar-refractivity contribution in [3.05, 3.63) is 70.9 Å². The number of aromatic hydroxyl groups is 1. The predicted molar refractivity (Wildman–Crippen MR) is 104 cm³/mol. The number of aliphatic hydroxyl groups excluding tert-OH is 1. The van der Waals surface area contributed by atoms with E-state index in [-0.39, 0.29) is 29.6 Å². The van der Waals surface area contributed by atoms with Crippen LogP contribution in [0, 0.1) is 23.3 Å². The van der Waals surface area contributed by atoms with Crippen molar-refractivity contribution in [3.8, 4) is 5.75 Å². The second-order valence-electron chi connectivity index (χ2n) is 6.10. The number of aromatic nitrogens is 1. The van der Waals surface area contributed by atoms with Gasteiger partial charge in [0.2, 0.25) is 0 Å². The number of phenolic OH excluding ortho intramolecular Hbond substituents is 1. The van der Waals surface area contributed by atoms with Crippen molar-refractivity contribution in [2.24, 2.45) is 4.99 Å². The van der Waals surface area contributed by atoms with Crippen molar-refractivity contribution in [3.63, 3.8) is 0 Å². The monoisotopic (exact) mass is 434 g/mol. The van der Waals surface area contributed by atoms with Crippen molar-refractivity contribution >= 4 is 34.5 Å². The topological polar surface area (TPSA) is 92.0 Å². The molecule has 10 heteroatoms. The molecule has 1 aromatic heterocycles. The first kappa shape index (κ1) is 21.8. The van der Waals surface area contributed by atoms with Crippen LogP contribution < -0.4 is 0 Å². The van der Waals surface area contributed by atoms with E-state index in [1.54, 1.807) is 18.2 Å². The molecule has 0 spiro atoms. The van der Waals surface area contributed by atoms with Crippen LogP contribution in [0.15, 0.2) is 47.1 Å². The number of fused-ring (bicyclic) bond motifs is 1. The molecule has 0 aliphatic carbocycles. The lowest BCUT2D eigenvalue weighted by molar-refractivity contribution is -0.137. The second kappa shape index (κ2) is 8.82. The summed E-state index contributed by atoms with van der Waals surface area (Å²) in [4.78, 5) is 20.1. The standard InChI is InChI=1S/C21H14F4N2O4/c1-2-31-21(30)12(19(28)11-8-13(22)16(24)17(25)15(11)23)9-27-14-6-5-10-4-3-7-26-18(10)20(14)29/h3-9,28-29H,2H2,1H3/b19-12+,27-9?. The highest BCUT2D eigenvalue weighted by Gasteiger charge is 2.25. The molecule has 0 saturated heterocycles. The fourth-order valence-corrected chi connectivity index (χ4v) is 2.67. The number of rotatable bonds is 5. The van der Waals surface area contributed by atoms with Gasteiger partial charge in [0.1, 0.15) is 22.5 Å². The van der Waals surface area contributed by atoms with Gasteiger partial charge in [-0.1, -0.05) is 12.1 Å². The summed E-state index contributed by atoms with van der Waals surface area (Å²) in [5.74, 6) is -10.7. The first-order chi connectivity index (χ1) is 14.8. The Hall–Kier alpha value is -3.95. The van der Waals surface area contributed by atoms with E-state index < -0.39 is 46.1 Å². The van der Waals surface area contributed by atoms with Crippen LogP contribution in [0.2, 0.25) is 0 Å². The lowest BCUT2D eigenvalue weighted by Crippen LogP contribution is -2.12. The molecule has 0 saturated carbocycles. The molecule has 0 atom stereocenters. The lowest BCUT2D eigenvalue weighted by atomic mass is 10.1. The summed E-state index contributed by atoms with van der Waals surface area (Å²) in [5, 5.41) is 21.3. The van der Waals surface area contributed by atoms with Gasteiger partial charge >= 0.3 is 5.97 Å². The molecule has 0 amide bonds. The van der Waals surface area contributed by atoms with Crippen LogP contribution in [-0.2, 0) is 9.53 Å². The van der Waals surface area contributed by atoms with Crippen molar-refractivity contribution < 1.29 is 37.3 Å². The van der Waals surface area contributed by atoms with Crippen LogP contribution in [0.3, 0.4) is 0 Å². The number of ether oxygens (including phenoxy) is 1. The molecule has 0 fully saturated rings. The number of nitrogens with zero attached hydrogens (tertiary/aromatic N) is 2. The summed E-state index contributed by atoms with van der Waals surface area (Å²) in [5.41, 5.74) is -1.77. The SMILES string of the molecule is CCOC(=O)/C(C=Nc1ccc2cccnc2c1O)=C(/O)c1cc(F)c(F)c(F)c1F. The zero-order valence-corrected chi connectivity index (χ0v) is 15.9. The third-order valence-corrected chi connectivity index (χ3v) is 4.17. The van der Waals surface area contributed by atoms with Gasteiger partial charge in [-0.15, -0.1) is 0 Å². The molecule has 2 aromatic carbocycles. The van der Waals surface area contributed by atoms with Gasteiger partial charge in [-0.25, -0.2) is 22.4 Å². The Labute approximate surface area is 172 Å². The van der Waals surface area contributed by atoms with E-state index in [4.69, 9.17) is 4.74 Å². The molecule has 3 rings (SSSR count). The molecule has 0 unspecified atom stereocenters. The number of esters is 1. The number of phenols is 1. The maximum absolute atomic E-state index is 14.1. The molecule has 1 heterocycles. The Morgan fingerprint density at radius 3 is 2.61 bits per heavy atom. The van der Waals surface area contributed by atoms with Crippen LogP contribution in [0.5, 0.6) is 5.75 Å². The summed E-state index contributed by atoms with van der Waals surface area (Å²) in [6.45, 7) is 1.30. The molecule has 2 N–H and O–H groups in total. The van der Waals surface area contributed by atoms with Gasteiger partial charge in [0.15, 0.2) is 29.0 Å². The molecule has 0 radical (unpaired) electrons. The summed E-state index contributed by atoms with van der Waals surface area (Å²) < 4.78 is 59.2. The number of aliphatic imine (C=N–C) groups is 1. The fraction of sp³-hybridized carbons (Fsp3) is 0.0952. The molecule has 0 aliphatic heterocycles. The van der Waals surface area contributed by atoms with Crippen molar-refractivity contribution in [1.29, 1.82) is 0 Å². The Morgan fingerprint density at radius 1 is 1.16 bits per heavy atom. The molecule has 0 aliphatic rings. The summed E-state index contributed by atoms with van der Waals surface area (Å²) >= 11 is 0. The van der Waals surface area contributed by atoms with Crippen molar-refractivity contribution in [2.75, 3.05) is 6.61 Å². The average molecular weight is 434 g/mol. The minimum atomic E-state index is -2.17. The average Bonchev–Trinajstić information content (AvgIpc) is 2.76. The van der Waals surface area contributed by atoms with Gasteiger partial charge < -0.3 is 14.9 Å². The number of carbonyl (C=O) groups is 1. The van der Waals surface area contributed by atoms with E-state index >= 15 is 0 Å². The molecule has 6 nitrogen and oxygen atoms in total. The van der Waals surface area contributed by atoms with E-state index in [1.807, 2.05) is 0 Å². The minimum absolute atomic E-state index is 0.0715.